The quantitative estimate of drug-likeness (QED) is 0.176. The number of nitrogens with zero attached hydrogens (tertiary/aromatic N) is 2. The lowest BCUT2D eigenvalue weighted by Gasteiger charge is -2.32. The summed E-state index contributed by atoms with van der Waals surface area (Å²) in [6.07, 6.45) is 0. The minimum absolute atomic E-state index is 0.383. The number of aromatic nitrogens is 2. The number of rotatable bonds is 4. The van der Waals surface area contributed by atoms with E-state index in [0.29, 0.717) is 0 Å². The third-order valence-electron chi connectivity index (χ3n) is 11.3. The van der Waals surface area contributed by atoms with E-state index in [4.69, 9.17) is 9.31 Å². The molecule has 7 aromatic carbocycles. The molecule has 2 aromatic heterocycles. The molecule has 1 fully saturated rings. The molecule has 0 bridgehead atoms. The standard InChI is InChI=1S/C46H37BN2O2/c1-45(2)46(3,4)51-47(50-45)34-24-23-30-25-31(21-22-32(30)26-34)33-27-35(48-41-17-9-5-13-37(41)38-14-6-10-18-42(38)48)29-36(28-33)49-43-19-11-7-15-39(43)40-16-8-12-20-44(40)49/h5-29H,1-4H3. The molecular weight excluding hydrogens is 623 g/mol. The van der Waals surface area contributed by atoms with E-state index < -0.39 is 7.12 Å². The molecule has 0 saturated carbocycles. The van der Waals surface area contributed by atoms with Crippen LogP contribution < -0.4 is 5.46 Å². The van der Waals surface area contributed by atoms with Crippen LogP contribution in [-0.2, 0) is 9.31 Å². The van der Waals surface area contributed by atoms with Crippen LogP contribution in [0.15, 0.2) is 152 Å². The first kappa shape index (κ1) is 30.2. The summed E-state index contributed by atoms with van der Waals surface area (Å²) in [6, 6.07) is 55.3. The fourth-order valence-corrected chi connectivity index (χ4v) is 7.99. The maximum Gasteiger partial charge on any atom is 0.494 e. The van der Waals surface area contributed by atoms with E-state index in [2.05, 4.69) is 188 Å². The van der Waals surface area contributed by atoms with Gasteiger partial charge in [-0.05, 0) is 104 Å². The lowest BCUT2D eigenvalue weighted by Crippen LogP contribution is -2.41. The second-order valence-electron chi connectivity index (χ2n) is 14.9. The molecule has 0 N–H and O–H groups in total. The van der Waals surface area contributed by atoms with Gasteiger partial charge in [-0.25, -0.2) is 0 Å². The van der Waals surface area contributed by atoms with Gasteiger partial charge in [0.25, 0.3) is 0 Å². The first-order valence-corrected chi connectivity index (χ1v) is 17.8. The highest BCUT2D eigenvalue weighted by molar-refractivity contribution is 6.62. The van der Waals surface area contributed by atoms with Gasteiger partial charge in [0, 0.05) is 32.9 Å². The summed E-state index contributed by atoms with van der Waals surface area (Å²) in [5.74, 6) is 0. The summed E-state index contributed by atoms with van der Waals surface area (Å²) in [6.45, 7) is 8.39. The van der Waals surface area contributed by atoms with Crippen LogP contribution in [-0.4, -0.2) is 27.5 Å². The van der Waals surface area contributed by atoms with Gasteiger partial charge in [0.2, 0.25) is 0 Å². The molecule has 9 aromatic rings. The summed E-state index contributed by atoms with van der Waals surface area (Å²) in [5, 5.41) is 7.34. The first-order chi connectivity index (χ1) is 24.8. The van der Waals surface area contributed by atoms with Gasteiger partial charge in [-0.15, -0.1) is 0 Å². The zero-order valence-corrected chi connectivity index (χ0v) is 29.2. The van der Waals surface area contributed by atoms with Gasteiger partial charge in [-0.2, -0.15) is 0 Å². The van der Waals surface area contributed by atoms with Crippen LogP contribution in [0.2, 0.25) is 0 Å². The van der Waals surface area contributed by atoms with Crippen molar-refractivity contribution < 1.29 is 9.31 Å². The van der Waals surface area contributed by atoms with Crippen LogP contribution in [0.5, 0.6) is 0 Å². The first-order valence-electron chi connectivity index (χ1n) is 17.8. The summed E-state index contributed by atoms with van der Waals surface area (Å²) >= 11 is 0. The summed E-state index contributed by atoms with van der Waals surface area (Å²) in [5.41, 5.74) is 9.61. The van der Waals surface area contributed by atoms with Crippen molar-refractivity contribution in [1.82, 2.24) is 9.13 Å². The Kier molecular flexibility index (Phi) is 6.48. The van der Waals surface area contributed by atoms with Crippen molar-refractivity contribution in [3.63, 3.8) is 0 Å². The molecule has 3 heterocycles. The third kappa shape index (κ3) is 4.62. The Balaban J connectivity index is 1.19. The number of hydrogen-bond donors (Lipinski definition) is 0. The molecule has 0 atom stereocenters. The third-order valence-corrected chi connectivity index (χ3v) is 11.3. The van der Waals surface area contributed by atoms with E-state index in [1.54, 1.807) is 0 Å². The van der Waals surface area contributed by atoms with Gasteiger partial charge in [0.1, 0.15) is 0 Å². The zero-order valence-electron chi connectivity index (χ0n) is 29.2. The Morgan fingerprint density at radius 2 is 0.824 bits per heavy atom. The fourth-order valence-electron chi connectivity index (χ4n) is 7.99. The smallest absolute Gasteiger partial charge is 0.399 e. The van der Waals surface area contributed by atoms with Crippen LogP contribution in [0.3, 0.4) is 0 Å². The molecular formula is C46H37BN2O2. The van der Waals surface area contributed by atoms with E-state index in [9.17, 15) is 0 Å². The van der Waals surface area contributed by atoms with Crippen molar-refractivity contribution in [2.75, 3.05) is 0 Å². The summed E-state index contributed by atoms with van der Waals surface area (Å²) < 4.78 is 17.6. The number of hydrogen-bond acceptors (Lipinski definition) is 2. The minimum Gasteiger partial charge on any atom is -0.399 e. The topological polar surface area (TPSA) is 28.3 Å². The average Bonchev–Trinajstić information content (AvgIpc) is 3.74. The molecule has 0 unspecified atom stereocenters. The van der Waals surface area contributed by atoms with E-state index in [1.165, 1.54) is 49.0 Å². The average molecular weight is 661 g/mol. The molecule has 1 saturated heterocycles. The maximum atomic E-state index is 6.38. The summed E-state index contributed by atoms with van der Waals surface area (Å²) in [4.78, 5) is 0. The lowest BCUT2D eigenvalue weighted by atomic mass is 9.78. The fraction of sp³-hybridized carbons (Fsp3) is 0.130. The zero-order chi connectivity index (χ0) is 34.5. The molecule has 0 aliphatic carbocycles. The summed E-state index contributed by atoms with van der Waals surface area (Å²) in [7, 11) is -0.393. The van der Waals surface area contributed by atoms with Gasteiger partial charge in [-0.1, -0.05) is 103 Å². The van der Waals surface area contributed by atoms with Crippen molar-refractivity contribution in [2.45, 2.75) is 38.9 Å². The lowest BCUT2D eigenvalue weighted by molar-refractivity contribution is 0.00578. The molecule has 4 nitrogen and oxygen atoms in total. The largest absolute Gasteiger partial charge is 0.494 e. The number of para-hydroxylation sites is 4. The van der Waals surface area contributed by atoms with Crippen LogP contribution in [0.4, 0.5) is 0 Å². The van der Waals surface area contributed by atoms with Gasteiger partial charge in [0.15, 0.2) is 0 Å². The molecule has 0 amide bonds. The van der Waals surface area contributed by atoms with Crippen molar-refractivity contribution in [3.05, 3.63) is 152 Å². The molecule has 10 rings (SSSR count). The van der Waals surface area contributed by atoms with Gasteiger partial charge in [-0.3, -0.25) is 0 Å². The SMILES string of the molecule is CC1(C)OB(c2ccc3cc(-c4cc(-n5c6ccccc6c6ccccc65)cc(-n5c6ccccc6c6ccccc65)c4)ccc3c2)OC1(C)C. The van der Waals surface area contributed by atoms with Crippen molar-refractivity contribution >= 4 is 67.0 Å². The highest BCUT2D eigenvalue weighted by atomic mass is 16.7. The highest BCUT2D eigenvalue weighted by Gasteiger charge is 2.51. The Hall–Kier alpha value is -5.62. The Bertz CT molecular complexity index is 2590. The minimum atomic E-state index is -0.393. The monoisotopic (exact) mass is 660 g/mol. The van der Waals surface area contributed by atoms with E-state index in [1.807, 2.05) is 0 Å². The molecule has 1 aliphatic rings. The Morgan fingerprint density at radius 3 is 1.29 bits per heavy atom. The maximum absolute atomic E-state index is 6.38. The van der Waals surface area contributed by atoms with E-state index in [-0.39, 0.29) is 11.2 Å². The number of fused-ring (bicyclic) bond motifs is 7. The predicted molar refractivity (Wildman–Crippen MR) is 214 cm³/mol. The van der Waals surface area contributed by atoms with Crippen LogP contribution in [0, 0.1) is 0 Å². The van der Waals surface area contributed by atoms with Gasteiger partial charge in [0.05, 0.1) is 33.3 Å². The van der Waals surface area contributed by atoms with E-state index in [0.717, 1.165) is 33.4 Å². The van der Waals surface area contributed by atoms with Crippen molar-refractivity contribution in [3.8, 4) is 22.5 Å². The molecule has 51 heavy (non-hydrogen) atoms. The van der Waals surface area contributed by atoms with Crippen LogP contribution in [0.1, 0.15) is 27.7 Å². The predicted octanol–water partition coefficient (Wildman–Crippen LogP) is 11.0. The Morgan fingerprint density at radius 1 is 0.412 bits per heavy atom. The molecule has 246 valence electrons. The second kappa shape index (κ2) is 10.9. The number of benzene rings is 7. The molecule has 0 radical (unpaired) electrons. The van der Waals surface area contributed by atoms with Crippen LogP contribution in [0.25, 0.3) is 76.9 Å². The van der Waals surface area contributed by atoms with Gasteiger partial charge < -0.3 is 18.4 Å². The molecule has 0 spiro atoms. The van der Waals surface area contributed by atoms with E-state index >= 15 is 0 Å². The van der Waals surface area contributed by atoms with Gasteiger partial charge >= 0.3 is 7.12 Å². The molecule has 1 aliphatic heterocycles. The normalized spacial score (nSPS) is 15.6. The van der Waals surface area contributed by atoms with Crippen LogP contribution >= 0.6 is 0 Å². The van der Waals surface area contributed by atoms with Crippen molar-refractivity contribution in [2.24, 2.45) is 0 Å². The molecule has 5 heteroatoms. The van der Waals surface area contributed by atoms with Crippen molar-refractivity contribution in [1.29, 1.82) is 0 Å². The highest BCUT2D eigenvalue weighted by Crippen LogP contribution is 2.39. The second-order valence-corrected chi connectivity index (χ2v) is 14.9. The Labute approximate surface area is 297 Å².